The van der Waals surface area contributed by atoms with Crippen LogP contribution in [-0.4, -0.2) is 32.1 Å². The van der Waals surface area contributed by atoms with Crippen molar-refractivity contribution in [3.05, 3.63) is 48.4 Å². The molecule has 110 valence electrons. The highest BCUT2D eigenvalue weighted by atomic mass is 32.2. The molecule has 0 fully saturated rings. The fourth-order valence-electron chi connectivity index (χ4n) is 1.41. The van der Waals surface area contributed by atoms with Crippen LogP contribution < -0.4 is 4.74 Å². The second kappa shape index (κ2) is 6.29. The molecule has 0 atom stereocenters. The molecule has 0 aromatic heterocycles. The van der Waals surface area contributed by atoms with Crippen molar-refractivity contribution in [1.29, 1.82) is 0 Å². The number of hydroxylamine groups is 2. The van der Waals surface area contributed by atoms with Crippen LogP contribution in [0.3, 0.4) is 0 Å². The zero-order chi connectivity index (χ0) is 15.3. The average molecular weight is 308 g/mol. The summed E-state index contributed by atoms with van der Waals surface area (Å²) in [5.41, 5.74) is 0.235. The van der Waals surface area contributed by atoms with Crippen molar-refractivity contribution >= 4 is 16.4 Å². The molecule has 1 aliphatic heterocycles. The number of aliphatic imine (C=N–C) groups is 1. The second-order valence-electron chi connectivity index (χ2n) is 3.83. The summed E-state index contributed by atoms with van der Waals surface area (Å²) in [4.78, 5) is 3.65. The van der Waals surface area contributed by atoms with E-state index in [1.54, 1.807) is 0 Å². The van der Waals surface area contributed by atoms with Crippen LogP contribution in [0.1, 0.15) is 0 Å². The molecule has 1 aromatic carbocycles. The predicted octanol–water partition coefficient (Wildman–Crippen LogP) is 1.92. The normalized spacial score (nSPS) is 16.9. The van der Waals surface area contributed by atoms with Crippen molar-refractivity contribution in [3.8, 4) is 5.75 Å². The van der Waals surface area contributed by atoms with Crippen LogP contribution >= 0.6 is 0 Å². The van der Waals surface area contributed by atoms with E-state index in [-0.39, 0.29) is 10.6 Å². The first kappa shape index (κ1) is 14.9. The molecule has 0 bridgehead atoms. The Labute approximate surface area is 121 Å². The molecule has 0 radical (unpaired) electrons. The summed E-state index contributed by atoms with van der Waals surface area (Å²) in [6.45, 7) is 0. The van der Waals surface area contributed by atoms with Gasteiger partial charge < -0.3 is 4.74 Å². The van der Waals surface area contributed by atoms with Crippen molar-refractivity contribution in [2.75, 3.05) is 7.11 Å². The van der Waals surface area contributed by atoms with Crippen molar-refractivity contribution in [2.24, 2.45) is 14.6 Å². The molecule has 1 aliphatic rings. The van der Waals surface area contributed by atoms with E-state index in [0.29, 0.717) is 10.8 Å². The minimum Gasteiger partial charge on any atom is -0.497 e. The van der Waals surface area contributed by atoms with Crippen LogP contribution in [0.15, 0.2) is 68.0 Å². The van der Waals surface area contributed by atoms with Gasteiger partial charge in [-0.25, -0.2) is 10.1 Å². The van der Waals surface area contributed by atoms with E-state index in [2.05, 4.69) is 14.6 Å². The molecule has 0 unspecified atom stereocenters. The Morgan fingerprint density at radius 2 is 2.05 bits per heavy atom. The largest absolute Gasteiger partial charge is 0.497 e. The van der Waals surface area contributed by atoms with Crippen molar-refractivity contribution in [2.45, 2.75) is 4.90 Å². The second-order valence-corrected chi connectivity index (χ2v) is 5.41. The standard InChI is InChI=1S/C12H12N4O4S/c1-20-11-2-4-12(5-3-11)21(18,19)15-14-8-10-6-7-13-9-16(10)17/h2-9,17H,1H3/b10-8+,15-14?. The summed E-state index contributed by atoms with van der Waals surface area (Å²) in [5.74, 6) is 0.538. The molecular formula is C12H12N4O4S. The molecule has 1 heterocycles. The van der Waals surface area contributed by atoms with Gasteiger partial charge in [0.05, 0.1) is 23.9 Å². The average Bonchev–Trinajstić information content (AvgIpc) is 2.49. The van der Waals surface area contributed by atoms with Gasteiger partial charge in [0, 0.05) is 6.20 Å². The van der Waals surface area contributed by atoms with E-state index in [4.69, 9.17) is 4.74 Å². The fourth-order valence-corrected chi connectivity index (χ4v) is 2.15. The summed E-state index contributed by atoms with van der Waals surface area (Å²) in [5, 5.41) is 13.5. The van der Waals surface area contributed by atoms with Gasteiger partial charge in [0.2, 0.25) is 0 Å². The third kappa shape index (κ3) is 3.74. The highest BCUT2D eigenvalue weighted by Crippen LogP contribution is 2.17. The van der Waals surface area contributed by atoms with Gasteiger partial charge in [-0.2, -0.15) is 8.42 Å². The van der Waals surface area contributed by atoms with Gasteiger partial charge in [-0.15, -0.1) is 5.11 Å². The Morgan fingerprint density at radius 3 is 2.67 bits per heavy atom. The number of hydrogen-bond acceptors (Lipinski definition) is 7. The number of rotatable bonds is 4. The van der Waals surface area contributed by atoms with Crippen LogP contribution in [-0.2, 0) is 10.0 Å². The minimum atomic E-state index is -3.90. The first-order valence-electron chi connectivity index (χ1n) is 5.72. The van der Waals surface area contributed by atoms with Crippen molar-refractivity contribution in [3.63, 3.8) is 0 Å². The summed E-state index contributed by atoms with van der Waals surface area (Å²) in [7, 11) is -2.42. The lowest BCUT2D eigenvalue weighted by Gasteiger charge is -2.12. The first-order valence-corrected chi connectivity index (χ1v) is 7.16. The van der Waals surface area contributed by atoms with Crippen LogP contribution in [0.2, 0.25) is 0 Å². The fraction of sp³-hybridized carbons (Fsp3) is 0.0833. The molecule has 0 saturated carbocycles. The van der Waals surface area contributed by atoms with Gasteiger partial charge in [-0.05, 0) is 30.3 Å². The Balaban J connectivity index is 2.17. The maximum atomic E-state index is 11.9. The first-order chi connectivity index (χ1) is 10.0. The molecule has 0 aliphatic carbocycles. The molecule has 9 heteroatoms. The monoisotopic (exact) mass is 308 g/mol. The highest BCUT2D eigenvalue weighted by molar-refractivity contribution is 7.90. The summed E-state index contributed by atoms with van der Waals surface area (Å²) < 4.78 is 32.0. The van der Waals surface area contributed by atoms with Gasteiger partial charge in [0.15, 0.2) is 0 Å². The van der Waals surface area contributed by atoms with E-state index in [1.807, 2.05) is 0 Å². The number of nitrogens with zero attached hydrogens (tertiary/aromatic N) is 4. The van der Waals surface area contributed by atoms with Gasteiger partial charge in [-0.3, -0.25) is 5.21 Å². The summed E-state index contributed by atoms with van der Waals surface area (Å²) >= 11 is 0. The highest BCUT2D eigenvalue weighted by Gasteiger charge is 2.12. The van der Waals surface area contributed by atoms with Crippen molar-refractivity contribution in [1.82, 2.24) is 5.06 Å². The molecule has 21 heavy (non-hydrogen) atoms. The SMILES string of the molecule is COc1ccc(S(=O)(=O)N=N/C=C2\C=CN=CN2O)cc1. The summed E-state index contributed by atoms with van der Waals surface area (Å²) in [6.07, 6.45) is 5.10. The topological polar surface area (TPSA) is 104 Å². The quantitative estimate of drug-likeness (QED) is 0.856. The Kier molecular flexibility index (Phi) is 4.45. The molecule has 8 nitrogen and oxygen atoms in total. The van der Waals surface area contributed by atoms with Crippen LogP contribution in [0.4, 0.5) is 0 Å². The zero-order valence-electron chi connectivity index (χ0n) is 11.0. The number of hydrogen-bond donors (Lipinski definition) is 1. The minimum absolute atomic E-state index is 0.00736. The molecule has 1 aromatic rings. The molecule has 1 N–H and O–H groups in total. The third-order valence-electron chi connectivity index (χ3n) is 2.47. The number of allylic oxidation sites excluding steroid dienone is 1. The number of benzene rings is 1. The van der Waals surface area contributed by atoms with Crippen LogP contribution in [0, 0.1) is 0 Å². The lowest BCUT2D eigenvalue weighted by atomic mass is 10.3. The number of ether oxygens (including phenoxy) is 1. The molecule has 0 saturated heterocycles. The van der Waals surface area contributed by atoms with Gasteiger partial charge in [0.1, 0.15) is 12.1 Å². The molecule has 2 rings (SSSR count). The Hall–Kier alpha value is -2.52. The maximum Gasteiger partial charge on any atom is 0.299 e. The summed E-state index contributed by atoms with van der Waals surface area (Å²) in [6, 6.07) is 5.75. The van der Waals surface area contributed by atoms with E-state index in [9.17, 15) is 13.6 Å². The van der Waals surface area contributed by atoms with Crippen LogP contribution in [0.25, 0.3) is 0 Å². The number of sulfonamides is 1. The van der Waals surface area contributed by atoms with Gasteiger partial charge in [-0.1, -0.05) is 4.52 Å². The smallest absolute Gasteiger partial charge is 0.299 e. The Bertz CT molecular complexity index is 720. The zero-order valence-corrected chi connectivity index (χ0v) is 11.8. The van der Waals surface area contributed by atoms with Crippen LogP contribution in [0.5, 0.6) is 5.75 Å². The van der Waals surface area contributed by atoms with Gasteiger partial charge >= 0.3 is 0 Å². The molecule has 0 amide bonds. The molecule has 0 spiro atoms. The van der Waals surface area contributed by atoms with E-state index >= 15 is 0 Å². The lowest BCUT2D eigenvalue weighted by Crippen LogP contribution is -2.16. The lowest BCUT2D eigenvalue weighted by molar-refractivity contribution is 0.0319. The van der Waals surface area contributed by atoms with E-state index in [1.165, 1.54) is 43.7 Å². The predicted molar refractivity (Wildman–Crippen MR) is 74.4 cm³/mol. The number of methoxy groups -OCH3 is 1. The Morgan fingerprint density at radius 1 is 1.33 bits per heavy atom. The van der Waals surface area contributed by atoms with E-state index < -0.39 is 10.0 Å². The van der Waals surface area contributed by atoms with E-state index in [0.717, 1.165) is 12.5 Å². The van der Waals surface area contributed by atoms with Gasteiger partial charge in [0.25, 0.3) is 10.0 Å². The third-order valence-corrected chi connectivity index (χ3v) is 3.65. The maximum absolute atomic E-state index is 11.9. The van der Waals surface area contributed by atoms with Crippen molar-refractivity contribution < 1.29 is 18.4 Å². The molecular weight excluding hydrogens is 296 g/mol.